The lowest BCUT2D eigenvalue weighted by Gasteiger charge is -2.29. The van der Waals surface area contributed by atoms with Gasteiger partial charge in [-0.3, -0.25) is 19.2 Å². The zero-order chi connectivity index (χ0) is 25.7. The first-order valence-electron chi connectivity index (χ1n) is 12.8. The molecule has 8 nitrogen and oxygen atoms in total. The molecule has 1 N–H and O–H groups in total. The Morgan fingerprint density at radius 2 is 1.77 bits per heavy atom. The molecule has 2 heterocycles. The smallest absolute Gasteiger partial charge is 0.251 e. The van der Waals surface area contributed by atoms with Gasteiger partial charge in [-0.15, -0.1) is 0 Å². The molecule has 3 unspecified atom stereocenters. The highest BCUT2D eigenvalue weighted by Gasteiger charge is 2.52. The number of fused-ring (bicyclic) bond motifs is 1. The molecule has 1 aromatic carbocycles. The normalized spacial score (nSPS) is 20.2. The van der Waals surface area contributed by atoms with Gasteiger partial charge in [0.15, 0.2) is 5.78 Å². The number of ketones is 1. The minimum Gasteiger partial charge on any atom is -0.378 e. The first kappa shape index (κ1) is 26.7. The van der Waals surface area contributed by atoms with Crippen molar-refractivity contribution in [2.45, 2.75) is 77.4 Å². The summed E-state index contributed by atoms with van der Waals surface area (Å²) in [4.78, 5) is 57.5. The zero-order valence-electron chi connectivity index (χ0n) is 21.8. The van der Waals surface area contributed by atoms with Crippen molar-refractivity contribution in [3.8, 4) is 0 Å². The van der Waals surface area contributed by atoms with E-state index in [1.165, 1.54) is 0 Å². The number of likely N-dealkylation sites (tertiary alicyclic amines) is 2. The van der Waals surface area contributed by atoms with Gasteiger partial charge in [-0.1, -0.05) is 33.6 Å². The summed E-state index contributed by atoms with van der Waals surface area (Å²) in [6, 6.07) is 5.63. The SMILES string of the molecule is CCCCCC(=O)N1CC(=O)C2C1CCN2C(=O)C(CC(C)C)NC(=O)c1ccc(N(C)C)cc1. The van der Waals surface area contributed by atoms with Crippen LogP contribution in [0, 0.1) is 5.92 Å². The topological polar surface area (TPSA) is 90.0 Å². The third kappa shape index (κ3) is 6.21. The van der Waals surface area contributed by atoms with Crippen molar-refractivity contribution in [1.82, 2.24) is 15.1 Å². The van der Waals surface area contributed by atoms with Gasteiger partial charge in [0.1, 0.15) is 12.1 Å². The number of hydrogen-bond acceptors (Lipinski definition) is 5. The number of carbonyl (C=O) groups is 4. The van der Waals surface area contributed by atoms with E-state index < -0.39 is 12.1 Å². The Morgan fingerprint density at radius 3 is 2.37 bits per heavy atom. The number of anilines is 1. The van der Waals surface area contributed by atoms with Crippen molar-refractivity contribution in [3.05, 3.63) is 29.8 Å². The minimum atomic E-state index is -0.725. The van der Waals surface area contributed by atoms with Gasteiger partial charge < -0.3 is 20.0 Å². The molecule has 0 aromatic heterocycles. The molecule has 3 amide bonds. The van der Waals surface area contributed by atoms with Crippen LogP contribution in [0.2, 0.25) is 0 Å². The maximum atomic E-state index is 13.6. The van der Waals surface area contributed by atoms with E-state index >= 15 is 0 Å². The van der Waals surface area contributed by atoms with E-state index in [1.54, 1.807) is 21.9 Å². The first-order chi connectivity index (χ1) is 16.6. The van der Waals surface area contributed by atoms with Crippen LogP contribution in [-0.4, -0.2) is 78.6 Å². The van der Waals surface area contributed by atoms with E-state index in [0.717, 1.165) is 24.9 Å². The van der Waals surface area contributed by atoms with Crippen LogP contribution in [0.15, 0.2) is 24.3 Å². The summed E-state index contributed by atoms with van der Waals surface area (Å²) in [5, 5.41) is 2.92. The molecule has 0 saturated carbocycles. The van der Waals surface area contributed by atoms with Crippen LogP contribution in [0.3, 0.4) is 0 Å². The van der Waals surface area contributed by atoms with Crippen molar-refractivity contribution in [3.63, 3.8) is 0 Å². The highest BCUT2D eigenvalue weighted by atomic mass is 16.2. The fourth-order valence-corrected chi connectivity index (χ4v) is 5.11. The van der Waals surface area contributed by atoms with Gasteiger partial charge >= 0.3 is 0 Å². The summed E-state index contributed by atoms with van der Waals surface area (Å²) >= 11 is 0. The number of amides is 3. The molecule has 0 aliphatic carbocycles. The van der Waals surface area contributed by atoms with Crippen LogP contribution < -0.4 is 10.2 Å². The van der Waals surface area contributed by atoms with Crippen LogP contribution in [-0.2, 0) is 14.4 Å². The molecule has 3 atom stereocenters. The number of hydrogen-bond donors (Lipinski definition) is 1. The van der Waals surface area contributed by atoms with Gasteiger partial charge in [-0.2, -0.15) is 0 Å². The maximum Gasteiger partial charge on any atom is 0.251 e. The monoisotopic (exact) mass is 484 g/mol. The summed E-state index contributed by atoms with van der Waals surface area (Å²) < 4.78 is 0. The predicted octanol–water partition coefficient (Wildman–Crippen LogP) is 2.86. The van der Waals surface area contributed by atoms with Gasteiger partial charge in [0.2, 0.25) is 11.8 Å². The van der Waals surface area contributed by atoms with Crippen molar-refractivity contribution < 1.29 is 19.2 Å². The van der Waals surface area contributed by atoms with E-state index in [-0.39, 0.29) is 42.0 Å². The van der Waals surface area contributed by atoms with Crippen LogP contribution >= 0.6 is 0 Å². The minimum absolute atomic E-state index is 0.00167. The average Bonchev–Trinajstić information content (AvgIpc) is 3.39. The van der Waals surface area contributed by atoms with Gasteiger partial charge in [-0.05, 0) is 49.4 Å². The Labute approximate surface area is 209 Å². The number of benzene rings is 1. The van der Waals surface area contributed by atoms with E-state index in [1.807, 2.05) is 45.0 Å². The number of Topliss-reactive ketones (excluding diaryl/α,β-unsaturated/α-hetero) is 1. The first-order valence-corrected chi connectivity index (χ1v) is 12.8. The van der Waals surface area contributed by atoms with Crippen LogP contribution in [0.1, 0.15) is 69.7 Å². The van der Waals surface area contributed by atoms with Gasteiger partial charge in [0.05, 0.1) is 12.6 Å². The molecule has 1 aromatic rings. The molecule has 192 valence electrons. The van der Waals surface area contributed by atoms with E-state index in [4.69, 9.17) is 0 Å². The third-order valence-corrected chi connectivity index (χ3v) is 6.98. The second-order valence-electron chi connectivity index (χ2n) is 10.4. The summed E-state index contributed by atoms with van der Waals surface area (Å²) in [6.07, 6.45) is 4.34. The predicted molar refractivity (Wildman–Crippen MR) is 136 cm³/mol. The Kier molecular flexibility index (Phi) is 8.92. The van der Waals surface area contributed by atoms with Crippen molar-refractivity contribution in [2.75, 3.05) is 32.1 Å². The molecule has 35 heavy (non-hydrogen) atoms. The maximum absolute atomic E-state index is 13.6. The van der Waals surface area contributed by atoms with Gasteiger partial charge in [-0.25, -0.2) is 0 Å². The number of nitrogens with zero attached hydrogens (tertiary/aromatic N) is 3. The van der Waals surface area contributed by atoms with Gasteiger partial charge in [0.25, 0.3) is 5.91 Å². The number of nitrogens with one attached hydrogen (secondary N) is 1. The molecule has 3 rings (SSSR count). The molecule has 0 radical (unpaired) electrons. The van der Waals surface area contributed by atoms with Gasteiger partial charge in [0, 0.05) is 38.3 Å². The summed E-state index contributed by atoms with van der Waals surface area (Å²) in [5.41, 5.74) is 1.46. The Bertz CT molecular complexity index is 928. The summed E-state index contributed by atoms with van der Waals surface area (Å²) in [7, 11) is 3.86. The average molecular weight is 485 g/mol. The van der Waals surface area contributed by atoms with Crippen LogP contribution in [0.5, 0.6) is 0 Å². The molecule has 2 saturated heterocycles. The third-order valence-electron chi connectivity index (χ3n) is 6.98. The van der Waals surface area contributed by atoms with Crippen LogP contribution in [0.25, 0.3) is 0 Å². The van der Waals surface area contributed by atoms with Crippen molar-refractivity contribution in [2.24, 2.45) is 5.92 Å². The molecule has 2 aliphatic heterocycles. The Morgan fingerprint density at radius 1 is 1.09 bits per heavy atom. The number of unbranched alkanes of at least 4 members (excludes halogenated alkanes) is 2. The molecule has 2 aliphatic rings. The Balaban J connectivity index is 1.71. The highest BCUT2D eigenvalue weighted by molar-refractivity contribution is 6.01. The quantitative estimate of drug-likeness (QED) is 0.516. The second kappa shape index (κ2) is 11.7. The highest BCUT2D eigenvalue weighted by Crippen LogP contribution is 2.31. The standard InChI is InChI=1S/C27H40N4O4/c1-6-7-8-9-24(33)31-17-23(32)25-22(31)14-15-30(25)27(35)21(16-18(2)3)28-26(34)19-10-12-20(13-11-19)29(4)5/h10-13,18,21-22,25H,6-9,14-17H2,1-5H3,(H,28,34). The molecule has 0 spiro atoms. The second-order valence-corrected chi connectivity index (χ2v) is 10.4. The summed E-state index contributed by atoms with van der Waals surface area (Å²) in [6.45, 7) is 6.58. The number of carbonyl (C=O) groups excluding carboxylic acids is 4. The molecule has 8 heteroatoms. The summed E-state index contributed by atoms with van der Waals surface area (Å²) in [5.74, 6) is -0.455. The van der Waals surface area contributed by atoms with E-state index in [0.29, 0.717) is 31.4 Å². The zero-order valence-corrected chi connectivity index (χ0v) is 21.8. The Hall–Kier alpha value is -2.90. The molecular formula is C27H40N4O4. The molecule has 2 fully saturated rings. The van der Waals surface area contributed by atoms with Crippen molar-refractivity contribution in [1.29, 1.82) is 0 Å². The number of rotatable bonds is 10. The van der Waals surface area contributed by atoms with Crippen molar-refractivity contribution >= 4 is 29.2 Å². The molecule has 0 bridgehead atoms. The molecular weight excluding hydrogens is 444 g/mol. The lowest BCUT2D eigenvalue weighted by molar-refractivity contribution is -0.138. The van der Waals surface area contributed by atoms with Crippen LogP contribution in [0.4, 0.5) is 5.69 Å². The fourth-order valence-electron chi connectivity index (χ4n) is 5.11. The lowest BCUT2D eigenvalue weighted by atomic mass is 10.0. The fraction of sp³-hybridized carbons (Fsp3) is 0.630. The van der Waals surface area contributed by atoms with E-state index in [2.05, 4.69) is 12.2 Å². The largest absolute Gasteiger partial charge is 0.378 e. The lowest BCUT2D eigenvalue weighted by Crippen LogP contribution is -2.53. The van der Waals surface area contributed by atoms with E-state index in [9.17, 15) is 19.2 Å².